The van der Waals surface area contributed by atoms with Crippen LogP contribution in [-0.4, -0.2) is 15.4 Å². The Kier molecular flexibility index (Phi) is 3.02. The van der Waals surface area contributed by atoms with Crippen LogP contribution in [0.1, 0.15) is 19.2 Å². The van der Waals surface area contributed by atoms with Crippen LogP contribution in [0.2, 0.25) is 0 Å². The molecule has 96 valence electrons. The van der Waals surface area contributed by atoms with E-state index in [1.165, 1.54) is 12.5 Å². The second kappa shape index (κ2) is 4.54. The van der Waals surface area contributed by atoms with Crippen LogP contribution < -0.4 is 0 Å². The van der Waals surface area contributed by atoms with Crippen molar-refractivity contribution in [3.63, 3.8) is 0 Å². The maximum Gasteiger partial charge on any atom is 0.125 e. The number of fused-ring (bicyclic) bond motifs is 1. The molecule has 1 aromatic carbocycles. The second-order valence-electron chi connectivity index (χ2n) is 5.18. The number of benzene rings is 1. The van der Waals surface area contributed by atoms with E-state index in [1.807, 2.05) is 0 Å². The summed E-state index contributed by atoms with van der Waals surface area (Å²) in [6.45, 7) is 3.19. The van der Waals surface area contributed by atoms with E-state index in [9.17, 15) is 4.39 Å². The second-order valence-corrected chi connectivity index (χ2v) is 5.56. The molecule has 0 bridgehead atoms. The summed E-state index contributed by atoms with van der Waals surface area (Å²) in [7, 11) is 0. The number of imidazole rings is 1. The van der Waals surface area contributed by atoms with Gasteiger partial charge in [-0.25, -0.2) is 9.37 Å². The highest BCUT2D eigenvalue weighted by Crippen LogP contribution is 2.40. The largest absolute Gasteiger partial charge is 0.328 e. The Labute approximate surface area is 111 Å². The molecule has 3 rings (SSSR count). The number of rotatable bonds is 4. The summed E-state index contributed by atoms with van der Waals surface area (Å²) in [5.41, 5.74) is 1.76. The van der Waals surface area contributed by atoms with E-state index >= 15 is 0 Å². The van der Waals surface area contributed by atoms with E-state index < -0.39 is 0 Å². The van der Waals surface area contributed by atoms with E-state index in [-0.39, 0.29) is 5.82 Å². The van der Waals surface area contributed by atoms with E-state index in [1.54, 1.807) is 12.1 Å². The number of alkyl halides is 1. The molecule has 0 amide bonds. The highest BCUT2D eigenvalue weighted by atomic mass is 35.5. The predicted molar refractivity (Wildman–Crippen MR) is 71.4 cm³/mol. The Morgan fingerprint density at radius 1 is 1.50 bits per heavy atom. The minimum Gasteiger partial charge on any atom is -0.328 e. The Morgan fingerprint density at radius 2 is 2.28 bits per heavy atom. The molecule has 2 aromatic rings. The summed E-state index contributed by atoms with van der Waals surface area (Å²) in [5.74, 6) is 2.81. The molecular weight excluding hydrogens is 251 g/mol. The van der Waals surface area contributed by atoms with Crippen LogP contribution in [0.5, 0.6) is 0 Å². The van der Waals surface area contributed by atoms with E-state index in [4.69, 9.17) is 11.6 Å². The fourth-order valence-corrected chi connectivity index (χ4v) is 2.68. The number of aryl methyl sites for hydroxylation is 1. The molecular formula is C14H16ClFN2. The molecule has 1 aliphatic rings. The number of halogens is 2. The summed E-state index contributed by atoms with van der Waals surface area (Å²) in [4.78, 5) is 4.56. The molecule has 0 spiro atoms. The minimum absolute atomic E-state index is 0.204. The lowest BCUT2D eigenvalue weighted by Gasteiger charge is -2.07. The first-order valence-corrected chi connectivity index (χ1v) is 6.93. The first kappa shape index (κ1) is 12.0. The van der Waals surface area contributed by atoms with Crippen molar-refractivity contribution >= 4 is 22.6 Å². The van der Waals surface area contributed by atoms with Crippen LogP contribution >= 0.6 is 11.6 Å². The molecule has 0 radical (unpaired) electrons. The van der Waals surface area contributed by atoms with Crippen molar-refractivity contribution < 1.29 is 4.39 Å². The molecule has 1 fully saturated rings. The van der Waals surface area contributed by atoms with Crippen molar-refractivity contribution in [1.82, 2.24) is 9.55 Å². The zero-order chi connectivity index (χ0) is 12.7. The number of nitrogens with zero attached hydrogens (tertiary/aromatic N) is 2. The molecule has 4 heteroatoms. The third kappa shape index (κ3) is 2.12. The predicted octanol–water partition coefficient (Wildman–Crippen LogP) is 3.61. The van der Waals surface area contributed by atoms with Gasteiger partial charge in [-0.1, -0.05) is 6.92 Å². The third-order valence-electron chi connectivity index (χ3n) is 3.80. The Hall–Kier alpha value is -1.09. The SMILES string of the molecule is CC1CC1Cn1c(CCCl)nc2ccc(F)cc21. The zero-order valence-electron chi connectivity index (χ0n) is 10.4. The maximum absolute atomic E-state index is 13.4. The smallest absolute Gasteiger partial charge is 0.125 e. The number of hydrogen-bond donors (Lipinski definition) is 0. The van der Waals surface area contributed by atoms with Gasteiger partial charge in [0.05, 0.1) is 11.0 Å². The molecule has 0 saturated heterocycles. The van der Waals surface area contributed by atoms with Crippen molar-refractivity contribution in [3.8, 4) is 0 Å². The van der Waals surface area contributed by atoms with Crippen LogP contribution in [-0.2, 0) is 13.0 Å². The molecule has 2 nitrogen and oxygen atoms in total. The van der Waals surface area contributed by atoms with Crippen LogP contribution in [0.25, 0.3) is 11.0 Å². The normalized spacial score (nSPS) is 22.6. The van der Waals surface area contributed by atoms with Crippen LogP contribution in [0.4, 0.5) is 4.39 Å². The van der Waals surface area contributed by atoms with Gasteiger partial charge in [0.25, 0.3) is 0 Å². The molecule has 1 heterocycles. The van der Waals surface area contributed by atoms with Gasteiger partial charge in [-0.3, -0.25) is 0 Å². The van der Waals surface area contributed by atoms with Crippen molar-refractivity contribution in [2.75, 3.05) is 5.88 Å². The van der Waals surface area contributed by atoms with Crippen molar-refractivity contribution in [2.45, 2.75) is 26.3 Å². The summed E-state index contributed by atoms with van der Waals surface area (Å²) in [6, 6.07) is 4.78. The molecule has 1 aromatic heterocycles. The van der Waals surface area contributed by atoms with Crippen LogP contribution in [0.3, 0.4) is 0 Å². The molecule has 2 atom stereocenters. The Bertz CT molecular complexity index is 578. The highest BCUT2D eigenvalue weighted by Gasteiger charge is 2.33. The maximum atomic E-state index is 13.4. The van der Waals surface area contributed by atoms with Gasteiger partial charge in [-0.15, -0.1) is 11.6 Å². The van der Waals surface area contributed by atoms with Crippen LogP contribution in [0.15, 0.2) is 18.2 Å². The third-order valence-corrected chi connectivity index (χ3v) is 3.99. The van der Waals surface area contributed by atoms with E-state index in [0.29, 0.717) is 11.8 Å². The molecule has 1 aliphatic carbocycles. The lowest BCUT2D eigenvalue weighted by Crippen LogP contribution is -2.07. The average molecular weight is 267 g/mol. The van der Waals surface area contributed by atoms with Gasteiger partial charge in [0.15, 0.2) is 0 Å². The van der Waals surface area contributed by atoms with E-state index in [2.05, 4.69) is 16.5 Å². The van der Waals surface area contributed by atoms with Gasteiger partial charge in [-0.2, -0.15) is 0 Å². The Morgan fingerprint density at radius 3 is 2.94 bits per heavy atom. The van der Waals surface area contributed by atoms with E-state index in [0.717, 1.165) is 35.7 Å². The fourth-order valence-electron chi connectivity index (χ4n) is 2.51. The first-order valence-electron chi connectivity index (χ1n) is 6.39. The summed E-state index contributed by atoms with van der Waals surface area (Å²) in [6.07, 6.45) is 1.99. The summed E-state index contributed by atoms with van der Waals surface area (Å²) < 4.78 is 15.5. The molecule has 1 saturated carbocycles. The fraction of sp³-hybridized carbons (Fsp3) is 0.500. The lowest BCUT2D eigenvalue weighted by molar-refractivity contribution is 0.582. The molecule has 2 unspecified atom stereocenters. The van der Waals surface area contributed by atoms with Gasteiger partial charge in [0.2, 0.25) is 0 Å². The van der Waals surface area contributed by atoms with Gasteiger partial charge in [-0.05, 0) is 36.5 Å². The van der Waals surface area contributed by atoms with Gasteiger partial charge in [0, 0.05) is 18.8 Å². The molecule has 18 heavy (non-hydrogen) atoms. The zero-order valence-corrected chi connectivity index (χ0v) is 11.1. The standard InChI is InChI=1S/C14H16ClFN2/c1-9-6-10(9)8-18-13-7-11(16)2-3-12(13)17-14(18)4-5-15/h2-3,7,9-10H,4-6,8H2,1H3. The molecule has 0 aliphatic heterocycles. The van der Waals surface area contributed by atoms with Gasteiger partial charge < -0.3 is 4.57 Å². The topological polar surface area (TPSA) is 17.8 Å². The monoisotopic (exact) mass is 266 g/mol. The van der Waals surface area contributed by atoms with Gasteiger partial charge >= 0.3 is 0 Å². The number of aromatic nitrogens is 2. The van der Waals surface area contributed by atoms with Gasteiger partial charge in [0.1, 0.15) is 11.6 Å². The van der Waals surface area contributed by atoms with Crippen molar-refractivity contribution in [2.24, 2.45) is 11.8 Å². The molecule has 0 N–H and O–H groups in total. The van der Waals surface area contributed by atoms with Crippen LogP contribution in [0, 0.1) is 17.7 Å². The lowest BCUT2D eigenvalue weighted by atomic mass is 10.3. The average Bonchev–Trinajstić information content (AvgIpc) is 2.93. The highest BCUT2D eigenvalue weighted by molar-refractivity contribution is 6.17. The minimum atomic E-state index is -0.204. The van der Waals surface area contributed by atoms with Crippen molar-refractivity contribution in [3.05, 3.63) is 29.8 Å². The summed E-state index contributed by atoms with van der Waals surface area (Å²) >= 11 is 5.82. The first-order chi connectivity index (χ1) is 8.69. The number of hydrogen-bond acceptors (Lipinski definition) is 1. The summed E-state index contributed by atoms with van der Waals surface area (Å²) in [5, 5.41) is 0. The quantitative estimate of drug-likeness (QED) is 0.773. The van der Waals surface area contributed by atoms with Crippen molar-refractivity contribution in [1.29, 1.82) is 0 Å². The Balaban J connectivity index is 2.04.